The molecule has 7 rings (SSSR count). The molecule has 4 aromatic carbocycles. The molecule has 2 aliphatic heterocycles. The van der Waals surface area contributed by atoms with Crippen LogP contribution in [0.2, 0.25) is 0 Å². The maximum atomic E-state index is 5.70. The van der Waals surface area contributed by atoms with Crippen molar-refractivity contribution in [2.75, 3.05) is 24.4 Å². The van der Waals surface area contributed by atoms with Crippen LogP contribution in [0.4, 0.5) is 22.9 Å². The first-order valence-corrected chi connectivity index (χ1v) is 13.4. The minimum Gasteiger partial charge on any atom is -0.497 e. The largest absolute Gasteiger partial charge is 0.497 e. The van der Waals surface area contributed by atoms with Gasteiger partial charge >= 0.3 is 0 Å². The van der Waals surface area contributed by atoms with E-state index in [2.05, 4.69) is 47.5 Å². The van der Waals surface area contributed by atoms with Crippen molar-refractivity contribution in [1.29, 1.82) is 0 Å². The van der Waals surface area contributed by atoms with Gasteiger partial charge in [-0.15, -0.1) is 0 Å². The Kier molecular flexibility index (Phi) is 6.00. The summed E-state index contributed by atoms with van der Waals surface area (Å²) in [7, 11) is 3.28. The Morgan fingerprint density at radius 2 is 1.51 bits per heavy atom. The summed E-state index contributed by atoms with van der Waals surface area (Å²) in [6, 6.07) is 34.2. The Bertz CT molecular complexity index is 1810. The molecule has 41 heavy (non-hydrogen) atoms. The van der Waals surface area contributed by atoms with Crippen molar-refractivity contribution >= 4 is 34.6 Å². The van der Waals surface area contributed by atoms with Crippen LogP contribution in [-0.4, -0.2) is 35.7 Å². The topological polar surface area (TPSA) is 76.3 Å². The quantitative estimate of drug-likeness (QED) is 0.260. The lowest BCUT2D eigenvalue weighted by Gasteiger charge is -2.40. The van der Waals surface area contributed by atoms with Gasteiger partial charge in [-0.2, -0.15) is 5.10 Å². The number of aliphatic imine (C=N–C) groups is 2. The first-order chi connectivity index (χ1) is 20.2. The summed E-state index contributed by atoms with van der Waals surface area (Å²) in [6.07, 6.45) is 0. The van der Waals surface area contributed by atoms with Crippen molar-refractivity contribution in [3.63, 3.8) is 0 Å². The van der Waals surface area contributed by atoms with Gasteiger partial charge in [0.1, 0.15) is 11.5 Å². The molecule has 0 spiro atoms. The molecule has 0 saturated heterocycles. The third kappa shape index (κ3) is 4.12. The summed E-state index contributed by atoms with van der Waals surface area (Å²) in [5.41, 5.74) is 6.64. The Hall–Kier alpha value is -5.37. The van der Waals surface area contributed by atoms with Gasteiger partial charge in [-0.3, -0.25) is 0 Å². The van der Waals surface area contributed by atoms with Gasteiger partial charge in [0.05, 0.1) is 48.7 Å². The van der Waals surface area contributed by atoms with Crippen LogP contribution in [0, 0.1) is 6.92 Å². The van der Waals surface area contributed by atoms with Crippen molar-refractivity contribution < 1.29 is 9.47 Å². The maximum Gasteiger partial charge on any atom is 0.179 e. The Labute approximate surface area is 238 Å². The molecule has 3 heterocycles. The lowest BCUT2D eigenvalue weighted by atomic mass is 9.93. The second-order valence-electron chi connectivity index (χ2n) is 9.83. The molecule has 0 saturated carbocycles. The van der Waals surface area contributed by atoms with Crippen LogP contribution in [0.3, 0.4) is 0 Å². The molecule has 0 amide bonds. The molecule has 0 bridgehead atoms. The summed E-state index contributed by atoms with van der Waals surface area (Å²) in [4.78, 5) is 12.6. The molecule has 0 aliphatic carbocycles. The molecule has 8 heteroatoms. The summed E-state index contributed by atoms with van der Waals surface area (Å²) in [6.45, 7) is 2.06. The fourth-order valence-corrected chi connectivity index (χ4v) is 5.53. The van der Waals surface area contributed by atoms with Crippen LogP contribution in [0.15, 0.2) is 113 Å². The van der Waals surface area contributed by atoms with Crippen molar-refractivity contribution in [3.05, 3.63) is 120 Å². The number of para-hydroxylation sites is 3. The highest BCUT2D eigenvalue weighted by molar-refractivity contribution is 6.51. The van der Waals surface area contributed by atoms with E-state index in [1.807, 2.05) is 77.5 Å². The first kappa shape index (κ1) is 24.7. The predicted octanol–water partition coefficient (Wildman–Crippen LogP) is 6.99. The summed E-state index contributed by atoms with van der Waals surface area (Å²) < 4.78 is 13.0. The zero-order chi connectivity index (χ0) is 27.9. The lowest BCUT2D eigenvalue weighted by molar-refractivity contribution is 0.395. The molecular formula is C33H28N6O2. The SMILES string of the molecule is COc1ccc(NC2=Nc3ccccc3N3C2=Nc2c(c(C)nn2-c2ccccc2)C3c2ccccc2)c(OC)c1. The zero-order valence-electron chi connectivity index (χ0n) is 22.9. The number of nitrogens with zero attached hydrogens (tertiary/aromatic N) is 5. The Morgan fingerprint density at radius 1 is 0.780 bits per heavy atom. The van der Waals surface area contributed by atoms with Gasteiger partial charge in [-0.05, 0) is 48.9 Å². The zero-order valence-corrected chi connectivity index (χ0v) is 22.9. The highest BCUT2D eigenvalue weighted by Crippen LogP contribution is 2.48. The summed E-state index contributed by atoms with van der Waals surface area (Å²) in [5.74, 6) is 3.43. The smallest absolute Gasteiger partial charge is 0.179 e. The van der Waals surface area contributed by atoms with E-state index in [0.717, 1.165) is 45.4 Å². The van der Waals surface area contributed by atoms with E-state index >= 15 is 0 Å². The fraction of sp³-hybridized carbons (Fsp3) is 0.121. The molecule has 1 N–H and O–H groups in total. The molecule has 0 fully saturated rings. The molecule has 2 aliphatic rings. The number of aryl methyl sites for hydroxylation is 1. The fourth-order valence-electron chi connectivity index (χ4n) is 5.53. The standard InChI is InChI=1S/C33H28N6O2/c1-21-29-30(22-12-6-4-7-13-22)38-27-17-11-10-16-25(27)34-31(35-26-19-18-24(40-2)20-28(26)41-3)33(38)36-32(29)39(37-21)23-14-8-5-9-15-23/h4-20,30H,1-3H3,(H,34,35). The van der Waals surface area contributed by atoms with Gasteiger partial charge in [0, 0.05) is 11.6 Å². The van der Waals surface area contributed by atoms with Crippen LogP contribution in [-0.2, 0) is 0 Å². The van der Waals surface area contributed by atoms with E-state index in [1.54, 1.807) is 14.2 Å². The predicted molar refractivity (Wildman–Crippen MR) is 163 cm³/mol. The number of ether oxygens (including phenoxy) is 2. The summed E-state index contributed by atoms with van der Waals surface area (Å²) in [5, 5.41) is 8.52. The average Bonchev–Trinajstić information content (AvgIpc) is 3.36. The average molecular weight is 541 g/mol. The monoisotopic (exact) mass is 540 g/mol. The lowest BCUT2D eigenvalue weighted by Crippen LogP contribution is -2.46. The summed E-state index contributed by atoms with van der Waals surface area (Å²) >= 11 is 0. The second kappa shape index (κ2) is 9.98. The minimum atomic E-state index is -0.178. The minimum absolute atomic E-state index is 0.178. The number of methoxy groups -OCH3 is 2. The molecule has 8 nitrogen and oxygen atoms in total. The highest BCUT2D eigenvalue weighted by Gasteiger charge is 2.41. The third-order valence-corrected chi connectivity index (χ3v) is 7.42. The Balaban J connectivity index is 1.48. The highest BCUT2D eigenvalue weighted by atomic mass is 16.5. The van der Waals surface area contributed by atoms with Crippen molar-refractivity contribution in [3.8, 4) is 17.2 Å². The van der Waals surface area contributed by atoms with E-state index in [0.29, 0.717) is 23.2 Å². The van der Waals surface area contributed by atoms with Gasteiger partial charge in [-0.25, -0.2) is 14.7 Å². The van der Waals surface area contributed by atoms with Gasteiger partial charge in [0.25, 0.3) is 0 Å². The van der Waals surface area contributed by atoms with Gasteiger partial charge in [-0.1, -0.05) is 60.7 Å². The number of benzene rings is 4. The molecular weight excluding hydrogens is 512 g/mol. The number of anilines is 2. The van der Waals surface area contributed by atoms with Gasteiger partial charge in [0.15, 0.2) is 17.5 Å². The number of aromatic nitrogens is 2. The van der Waals surface area contributed by atoms with Crippen molar-refractivity contribution in [2.45, 2.75) is 13.0 Å². The maximum absolute atomic E-state index is 5.70. The van der Waals surface area contributed by atoms with Crippen LogP contribution in [0.1, 0.15) is 22.9 Å². The van der Waals surface area contributed by atoms with E-state index in [9.17, 15) is 0 Å². The Morgan fingerprint density at radius 3 is 2.27 bits per heavy atom. The van der Waals surface area contributed by atoms with Crippen LogP contribution in [0.25, 0.3) is 5.69 Å². The molecule has 202 valence electrons. The van der Waals surface area contributed by atoms with E-state index in [4.69, 9.17) is 24.6 Å². The number of nitrogens with one attached hydrogen (secondary N) is 1. The normalized spacial score (nSPS) is 15.2. The van der Waals surface area contributed by atoms with Crippen LogP contribution >= 0.6 is 0 Å². The van der Waals surface area contributed by atoms with Gasteiger partial charge < -0.3 is 19.7 Å². The van der Waals surface area contributed by atoms with Crippen molar-refractivity contribution in [2.24, 2.45) is 9.98 Å². The van der Waals surface area contributed by atoms with Crippen LogP contribution < -0.4 is 19.7 Å². The molecule has 0 radical (unpaired) electrons. The van der Waals surface area contributed by atoms with E-state index in [-0.39, 0.29) is 6.04 Å². The number of fused-ring (bicyclic) bond motifs is 4. The molecule has 1 atom stereocenters. The number of rotatable bonds is 5. The second-order valence-corrected chi connectivity index (χ2v) is 9.83. The number of hydrogen-bond acceptors (Lipinski definition) is 7. The van der Waals surface area contributed by atoms with E-state index < -0.39 is 0 Å². The number of hydrogen-bond donors (Lipinski definition) is 1. The molecule has 1 aromatic heterocycles. The molecule has 1 unspecified atom stereocenters. The third-order valence-electron chi connectivity index (χ3n) is 7.42. The molecule has 5 aromatic rings. The van der Waals surface area contributed by atoms with Crippen molar-refractivity contribution in [1.82, 2.24) is 9.78 Å². The van der Waals surface area contributed by atoms with E-state index in [1.165, 1.54) is 0 Å². The number of amidine groups is 2. The van der Waals surface area contributed by atoms with Crippen LogP contribution in [0.5, 0.6) is 11.5 Å². The van der Waals surface area contributed by atoms with Gasteiger partial charge in [0.2, 0.25) is 0 Å². The first-order valence-electron chi connectivity index (χ1n) is 13.4.